The molecule has 0 spiro atoms. The molecular weight excluding hydrogens is 440 g/mol. The van der Waals surface area contributed by atoms with Crippen molar-refractivity contribution in [3.8, 4) is 0 Å². The van der Waals surface area contributed by atoms with Gasteiger partial charge in [-0.15, -0.1) is 0 Å². The van der Waals surface area contributed by atoms with Crippen molar-refractivity contribution < 1.29 is 24.5 Å². The minimum Gasteiger partial charge on any atom is -0.469 e. The van der Waals surface area contributed by atoms with Gasteiger partial charge < -0.3 is 14.9 Å². The van der Waals surface area contributed by atoms with E-state index in [-0.39, 0.29) is 27.6 Å². The van der Waals surface area contributed by atoms with E-state index in [1.807, 2.05) is 6.08 Å². The zero-order chi connectivity index (χ0) is 25.8. The van der Waals surface area contributed by atoms with Crippen LogP contribution in [0, 0.1) is 33.0 Å². The molecule has 0 aromatic carbocycles. The van der Waals surface area contributed by atoms with Crippen molar-refractivity contribution in [3.63, 3.8) is 0 Å². The summed E-state index contributed by atoms with van der Waals surface area (Å²) in [7, 11) is 1.50. The maximum absolute atomic E-state index is 12.8. The summed E-state index contributed by atoms with van der Waals surface area (Å²) in [6.07, 6.45) is 11.1. The monoisotopic (exact) mass is 482 g/mol. The van der Waals surface area contributed by atoms with E-state index in [1.165, 1.54) is 12.7 Å². The molecule has 35 heavy (non-hydrogen) atoms. The normalized spacial score (nSPS) is 51.0. The van der Waals surface area contributed by atoms with Crippen LogP contribution in [-0.4, -0.2) is 40.8 Å². The Morgan fingerprint density at radius 3 is 2.26 bits per heavy atom. The van der Waals surface area contributed by atoms with Crippen LogP contribution in [0.25, 0.3) is 0 Å². The van der Waals surface area contributed by atoms with E-state index < -0.39 is 22.9 Å². The van der Waals surface area contributed by atoms with Gasteiger partial charge in [-0.1, -0.05) is 45.4 Å². The van der Waals surface area contributed by atoms with Gasteiger partial charge in [0.2, 0.25) is 0 Å². The second kappa shape index (κ2) is 7.19. The lowest BCUT2D eigenvalue weighted by Gasteiger charge is -2.70. The van der Waals surface area contributed by atoms with Gasteiger partial charge in [0.05, 0.1) is 12.5 Å². The lowest BCUT2D eigenvalue weighted by molar-refractivity contribution is -0.180. The van der Waals surface area contributed by atoms with Crippen molar-refractivity contribution in [2.75, 3.05) is 7.11 Å². The fourth-order valence-electron chi connectivity index (χ4n) is 9.14. The summed E-state index contributed by atoms with van der Waals surface area (Å²) in [6.45, 7) is 13.1. The van der Waals surface area contributed by atoms with Crippen LogP contribution in [0.15, 0.2) is 34.9 Å². The Balaban J connectivity index is 1.63. The summed E-state index contributed by atoms with van der Waals surface area (Å²) in [5.41, 5.74) is 0.536. The van der Waals surface area contributed by atoms with Crippen molar-refractivity contribution in [1.29, 1.82) is 0 Å². The number of aliphatic hydroxyl groups excluding tert-OH is 1. The average molecular weight is 483 g/mol. The topological polar surface area (TPSA) is 83.8 Å². The summed E-state index contributed by atoms with van der Waals surface area (Å²) < 4.78 is 5.26. The number of rotatable bonds is 1. The van der Waals surface area contributed by atoms with E-state index in [4.69, 9.17) is 4.74 Å². The molecule has 2 N–H and O–H groups in total. The molecule has 0 heterocycles. The number of fused-ring (bicyclic) bond motifs is 7. The van der Waals surface area contributed by atoms with Crippen molar-refractivity contribution in [3.05, 3.63) is 34.9 Å². The first kappa shape index (κ1) is 25.0. The van der Waals surface area contributed by atoms with Crippen LogP contribution in [0.4, 0.5) is 0 Å². The minimum absolute atomic E-state index is 0.00629. The van der Waals surface area contributed by atoms with Crippen molar-refractivity contribution in [2.45, 2.75) is 98.2 Å². The van der Waals surface area contributed by atoms with E-state index in [1.54, 1.807) is 13.0 Å². The van der Waals surface area contributed by atoms with Gasteiger partial charge in [0.25, 0.3) is 0 Å². The zero-order valence-electron chi connectivity index (χ0n) is 22.5. The summed E-state index contributed by atoms with van der Waals surface area (Å²) in [4.78, 5) is 25.6. The highest BCUT2D eigenvalue weighted by molar-refractivity contribution is 5.99. The average Bonchev–Trinajstić information content (AvgIpc) is 2.80. The van der Waals surface area contributed by atoms with Gasteiger partial charge in [0, 0.05) is 5.41 Å². The van der Waals surface area contributed by atoms with Crippen LogP contribution in [0.5, 0.6) is 0 Å². The molecule has 0 aliphatic heterocycles. The first-order chi connectivity index (χ1) is 16.1. The van der Waals surface area contributed by atoms with E-state index in [0.29, 0.717) is 11.5 Å². The van der Waals surface area contributed by atoms with Gasteiger partial charge in [0.15, 0.2) is 5.78 Å². The van der Waals surface area contributed by atoms with Crippen LogP contribution in [0.1, 0.15) is 86.5 Å². The number of ether oxygens (including phenoxy) is 1. The van der Waals surface area contributed by atoms with Crippen molar-refractivity contribution in [2.24, 2.45) is 33.0 Å². The summed E-state index contributed by atoms with van der Waals surface area (Å²) in [5.74, 6) is -0.123. The lowest BCUT2D eigenvalue weighted by Crippen LogP contribution is -2.62. The molecule has 0 aromatic rings. The molecule has 3 saturated carbocycles. The Hall–Kier alpha value is -1.72. The number of esters is 1. The predicted octanol–water partition coefficient (Wildman–Crippen LogP) is 5.07. The Morgan fingerprint density at radius 2 is 1.60 bits per heavy atom. The molecule has 0 saturated heterocycles. The molecule has 0 bridgehead atoms. The molecule has 5 aliphatic rings. The number of carbonyl (C=O) groups is 2. The van der Waals surface area contributed by atoms with Crippen LogP contribution in [-0.2, 0) is 14.3 Å². The number of methoxy groups -OCH3 is 1. The number of hydrogen-bond donors (Lipinski definition) is 2. The van der Waals surface area contributed by atoms with Crippen molar-refractivity contribution in [1.82, 2.24) is 0 Å². The number of aliphatic hydroxyl groups is 2. The Morgan fingerprint density at radius 1 is 0.943 bits per heavy atom. The highest BCUT2D eigenvalue weighted by Gasteiger charge is 2.68. The molecule has 2 unspecified atom stereocenters. The van der Waals surface area contributed by atoms with Crippen LogP contribution in [0.2, 0.25) is 0 Å². The molecule has 3 fully saturated rings. The standard InChI is InChI=1S/C30H42O5/c1-25-10-11-26(2,24(33)35-7)17-22(25)29(5)15-13-27(3)19-16-20(31)23(32)30(6,34)18(19)8-9-21(27)28(29,4)14-12-25/h8-9,16,22-23,32,34H,10-15,17H2,1-7H3/t22-,23?,25-,26-,27+,28-,29+,30?/m1/s1. The second-order valence-electron chi connectivity index (χ2n) is 13.7. The highest BCUT2D eigenvalue weighted by atomic mass is 16.5. The van der Waals surface area contributed by atoms with Crippen LogP contribution >= 0.6 is 0 Å². The molecule has 0 aromatic heterocycles. The maximum atomic E-state index is 12.8. The maximum Gasteiger partial charge on any atom is 0.311 e. The summed E-state index contributed by atoms with van der Waals surface area (Å²) in [5, 5.41) is 21.6. The lowest BCUT2D eigenvalue weighted by atomic mass is 9.34. The number of ketones is 1. The molecule has 192 valence electrons. The van der Waals surface area contributed by atoms with Gasteiger partial charge in [-0.05, 0) is 98.2 Å². The van der Waals surface area contributed by atoms with E-state index in [0.717, 1.165) is 50.5 Å². The van der Waals surface area contributed by atoms with E-state index >= 15 is 0 Å². The van der Waals surface area contributed by atoms with Gasteiger partial charge in [-0.2, -0.15) is 0 Å². The van der Waals surface area contributed by atoms with Gasteiger partial charge in [0.1, 0.15) is 11.7 Å². The summed E-state index contributed by atoms with van der Waals surface area (Å²) in [6, 6.07) is 0. The number of hydrogen-bond acceptors (Lipinski definition) is 5. The number of allylic oxidation sites excluding steroid dienone is 3. The van der Waals surface area contributed by atoms with Gasteiger partial charge in [-0.25, -0.2) is 0 Å². The molecule has 5 rings (SSSR count). The van der Waals surface area contributed by atoms with Gasteiger partial charge in [-0.3, -0.25) is 9.59 Å². The highest BCUT2D eigenvalue weighted by Crippen LogP contribution is 2.75. The Bertz CT molecular complexity index is 1100. The molecular formula is C30H42O5. The zero-order valence-corrected chi connectivity index (χ0v) is 22.5. The Kier molecular flexibility index (Phi) is 5.13. The third-order valence-corrected chi connectivity index (χ3v) is 11.9. The smallest absolute Gasteiger partial charge is 0.311 e. The van der Waals surface area contributed by atoms with Crippen LogP contribution in [0.3, 0.4) is 0 Å². The third kappa shape index (κ3) is 2.94. The fourth-order valence-corrected chi connectivity index (χ4v) is 9.14. The summed E-state index contributed by atoms with van der Waals surface area (Å²) >= 11 is 0. The van der Waals surface area contributed by atoms with Crippen molar-refractivity contribution >= 4 is 11.8 Å². The third-order valence-electron chi connectivity index (χ3n) is 11.9. The number of carbonyl (C=O) groups excluding carboxylic acids is 2. The first-order valence-corrected chi connectivity index (χ1v) is 13.3. The second-order valence-corrected chi connectivity index (χ2v) is 13.7. The van der Waals surface area contributed by atoms with E-state index in [9.17, 15) is 19.8 Å². The van der Waals surface area contributed by atoms with E-state index in [2.05, 4.69) is 40.7 Å². The van der Waals surface area contributed by atoms with Crippen LogP contribution < -0.4 is 0 Å². The first-order valence-electron chi connectivity index (χ1n) is 13.3. The molecule has 0 amide bonds. The SMILES string of the molecule is COC(=O)[C@]1(C)CC[C@]2(C)CC[C@]3(C)C4=CC=C5C(=CC(=O)C(O)C5(C)O)[C@]4(C)CC[C@@]3(C)[C@@H]2C1. The van der Waals surface area contributed by atoms with Gasteiger partial charge >= 0.3 is 5.97 Å². The molecule has 0 radical (unpaired) electrons. The molecule has 5 heteroatoms. The Labute approximate surface area is 209 Å². The molecule has 5 aliphatic carbocycles. The fraction of sp³-hybridized carbons (Fsp3) is 0.733. The predicted molar refractivity (Wildman–Crippen MR) is 134 cm³/mol. The minimum atomic E-state index is -1.59. The molecule has 5 nitrogen and oxygen atoms in total. The quantitative estimate of drug-likeness (QED) is 0.510. The molecule has 8 atom stereocenters. The largest absolute Gasteiger partial charge is 0.469 e.